The van der Waals surface area contributed by atoms with E-state index in [1.54, 1.807) is 12.4 Å². The Morgan fingerprint density at radius 1 is 1.44 bits per heavy atom. The fourth-order valence-electron chi connectivity index (χ4n) is 1.99. The summed E-state index contributed by atoms with van der Waals surface area (Å²) in [7, 11) is -2.87. The van der Waals surface area contributed by atoms with Crippen LogP contribution in [0, 0.1) is 5.92 Å². The van der Waals surface area contributed by atoms with E-state index in [2.05, 4.69) is 9.97 Å². The van der Waals surface area contributed by atoms with Gasteiger partial charge in [0.25, 0.3) is 0 Å². The molecule has 1 aliphatic rings. The smallest absolute Gasteiger partial charge is 0.150 e. The molecule has 0 spiro atoms. The Kier molecular flexibility index (Phi) is 3.20. The van der Waals surface area contributed by atoms with Crippen LogP contribution in [0.15, 0.2) is 18.7 Å². The molecule has 1 fully saturated rings. The van der Waals surface area contributed by atoms with E-state index >= 15 is 0 Å². The highest BCUT2D eigenvalue weighted by molar-refractivity contribution is 7.91. The number of aliphatic hydroxyl groups excluding tert-OH is 1. The summed E-state index contributed by atoms with van der Waals surface area (Å²) in [4.78, 5) is 7.64. The van der Waals surface area contributed by atoms with Crippen LogP contribution in [-0.2, 0) is 9.84 Å². The molecule has 2 rings (SSSR count). The zero-order valence-corrected chi connectivity index (χ0v) is 9.60. The maximum Gasteiger partial charge on any atom is 0.150 e. The average molecular weight is 242 g/mol. The predicted molar refractivity (Wildman–Crippen MR) is 58.4 cm³/mol. The first-order chi connectivity index (χ1) is 7.57. The summed E-state index contributed by atoms with van der Waals surface area (Å²) in [6.07, 6.45) is 4.96. The molecular weight excluding hydrogens is 228 g/mol. The third-order valence-corrected chi connectivity index (χ3v) is 4.69. The van der Waals surface area contributed by atoms with Gasteiger partial charge in [0.15, 0.2) is 9.84 Å². The van der Waals surface area contributed by atoms with Crippen molar-refractivity contribution in [3.05, 3.63) is 24.3 Å². The van der Waals surface area contributed by atoms with Crippen molar-refractivity contribution in [1.82, 2.24) is 9.97 Å². The molecule has 0 saturated carbocycles. The molecule has 1 aliphatic heterocycles. The summed E-state index contributed by atoms with van der Waals surface area (Å²) in [6, 6.07) is 0. The van der Waals surface area contributed by atoms with Crippen LogP contribution in [0.1, 0.15) is 24.5 Å². The third-order valence-electron chi connectivity index (χ3n) is 2.85. The molecule has 0 amide bonds. The molecule has 16 heavy (non-hydrogen) atoms. The van der Waals surface area contributed by atoms with Gasteiger partial charge in [-0.1, -0.05) is 0 Å². The fourth-order valence-corrected chi connectivity index (χ4v) is 3.87. The number of hydrogen-bond acceptors (Lipinski definition) is 5. The second-order valence-corrected chi connectivity index (χ2v) is 6.42. The summed E-state index contributed by atoms with van der Waals surface area (Å²) >= 11 is 0. The quantitative estimate of drug-likeness (QED) is 0.826. The Hall–Kier alpha value is -1.01. The second-order valence-electron chi connectivity index (χ2n) is 4.19. The van der Waals surface area contributed by atoms with Crippen molar-refractivity contribution in [2.45, 2.75) is 18.9 Å². The van der Waals surface area contributed by atoms with E-state index in [9.17, 15) is 13.5 Å². The Bertz CT molecular complexity index is 446. The summed E-state index contributed by atoms with van der Waals surface area (Å²) in [5.74, 6) is 0.494. The lowest BCUT2D eigenvalue weighted by molar-refractivity contribution is 0.148. The van der Waals surface area contributed by atoms with Crippen molar-refractivity contribution in [1.29, 1.82) is 0 Å². The molecule has 6 heteroatoms. The van der Waals surface area contributed by atoms with Gasteiger partial charge < -0.3 is 5.11 Å². The minimum absolute atomic E-state index is 0.0557. The summed E-state index contributed by atoms with van der Waals surface area (Å²) in [5.41, 5.74) is 0.645. The Labute approximate surface area is 94.5 Å². The summed E-state index contributed by atoms with van der Waals surface area (Å²) in [5, 5.41) is 9.88. The van der Waals surface area contributed by atoms with E-state index < -0.39 is 15.9 Å². The van der Waals surface area contributed by atoms with Gasteiger partial charge in [-0.25, -0.2) is 18.4 Å². The zero-order valence-electron chi connectivity index (χ0n) is 8.78. The standard InChI is InChI=1S/C10H14N2O3S/c13-10(9-4-11-7-12-5-9)3-8-1-2-16(14,15)6-8/h4-5,7-8,10,13H,1-3,6H2. The number of hydrogen-bond donors (Lipinski definition) is 1. The molecule has 0 aromatic carbocycles. The Balaban J connectivity index is 1.96. The molecule has 5 nitrogen and oxygen atoms in total. The average Bonchev–Trinajstić information content (AvgIpc) is 2.59. The number of nitrogens with zero attached hydrogens (tertiary/aromatic N) is 2. The minimum atomic E-state index is -2.87. The number of aromatic nitrogens is 2. The van der Waals surface area contributed by atoms with Gasteiger partial charge in [-0.2, -0.15) is 0 Å². The number of sulfone groups is 1. The monoisotopic (exact) mass is 242 g/mol. The van der Waals surface area contributed by atoms with Crippen LogP contribution in [0.4, 0.5) is 0 Å². The van der Waals surface area contributed by atoms with Gasteiger partial charge >= 0.3 is 0 Å². The van der Waals surface area contributed by atoms with Crippen LogP contribution < -0.4 is 0 Å². The van der Waals surface area contributed by atoms with Gasteiger partial charge in [0.2, 0.25) is 0 Å². The van der Waals surface area contributed by atoms with Crippen molar-refractivity contribution < 1.29 is 13.5 Å². The van der Waals surface area contributed by atoms with Gasteiger partial charge in [-0.05, 0) is 18.8 Å². The molecule has 1 N–H and O–H groups in total. The van der Waals surface area contributed by atoms with E-state index in [0.717, 1.165) is 0 Å². The molecule has 1 aromatic rings. The van der Waals surface area contributed by atoms with Crippen LogP contribution in [-0.4, -0.2) is 35.0 Å². The molecule has 88 valence electrons. The van der Waals surface area contributed by atoms with Gasteiger partial charge in [0, 0.05) is 18.0 Å². The topological polar surface area (TPSA) is 80.2 Å². The van der Waals surface area contributed by atoms with Crippen molar-refractivity contribution in [3.8, 4) is 0 Å². The van der Waals surface area contributed by atoms with E-state index in [1.165, 1.54) is 6.33 Å². The summed E-state index contributed by atoms with van der Waals surface area (Å²) < 4.78 is 22.5. The lowest BCUT2D eigenvalue weighted by atomic mass is 9.98. The van der Waals surface area contributed by atoms with E-state index in [4.69, 9.17) is 0 Å². The highest BCUT2D eigenvalue weighted by atomic mass is 32.2. The van der Waals surface area contributed by atoms with Gasteiger partial charge in [-0.3, -0.25) is 0 Å². The van der Waals surface area contributed by atoms with Crippen LogP contribution in [0.25, 0.3) is 0 Å². The zero-order chi connectivity index (χ0) is 11.6. The molecule has 0 aliphatic carbocycles. The maximum absolute atomic E-state index is 11.3. The first-order valence-corrected chi connectivity index (χ1v) is 7.02. The Morgan fingerprint density at radius 3 is 2.69 bits per heavy atom. The van der Waals surface area contributed by atoms with E-state index in [1.807, 2.05) is 0 Å². The van der Waals surface area contributed by atoms with E-state index in [-0.39, 0.29) is 17.4 Å². The molecule has 1 aromatic heterocycles. The van der Waals surface area contributed by atoms with Gasteiger partial charge in [-0.15, -0.1) is 0 Å². The molecular formula is C10H14N2O3S. The third kappa shape index (κ3) is 2.76. The first kappa shape index (κ1) is 11.5. The fraction of sp³-hybridized carbons (Fsp3) is 0.600. The molecule has 2 heterocycles. The maximum atomic E-state index is 11.3. The van der Waals surface area contributed by atoms with Gasteiger partial charge in [0.05, 0.1) is 17.6 Å². The lowest BCUT2D eigenvalue weighted by Gasteiger charge is -2.13. The highest BCUT2D eigenvalue weighted by Gasteiger charge is 2.29. The molecule has 0 bridgehead atoms. The summed E-state index contributed by atoms with van der Waals surface area (Å²) in [6.45, 7) is 0. The Morgan fingerprint density at radius 2 is 2.12 bits per heavy atom. The number of aliphatic hydroxyl groups is 1. The lowest BCUT2D eigenvalue weighted by Crippen LogP contribution is -2.10. The van der Waals surface area contributed by atoms with Crippen LogP contribution in [0.3, 0.4) is 0 Å². The molecule has 2 atom stereocenters. The van der Waals surface area contributed by atoms with Crippen molar-refractivity contribution in [2.75, 3.05) is 11.5 Å². The van der Waals surface area contributed by atoms with Crippen molar-refractivity contribution in [2.24, 2.45) is 5.92 Å². The second kappa shape index (κ2) is 4.47. The van der Waals surface area contributed by atoms with Crippen LogP contribution >= 0.6 is 0 Å². The van der Waals surface area contributed by atoms with Crippen molar-refractivity contribution >= 4 is 9.84 Å². The number of rotatable bonds is 3. The first-order valence-electron chi connectivity index (χ1n) is 5.20. The minimum Gasteiger partial charge on any atom is -0.388 e. The van der Waals surface area contributed by atoms with Crippen LogP contribution in [0.2, 0.25) is 0 Å². The molecule has 2 unspecified atom stereocenters. The SMILES string of the molecule is O=S1(=O)CCC(CC(O)c2cncnc2)C1. The predicted octanol–water partition coefficient (Wildman–Crippen LogP) is 0.335. The largest absolute Gasteiger partial charge is 0.388 e. The molecule has 0 radical (unpaired) electrons. The van der Waals surface area contributed by atoms with Crippen LogP contribution in [0.5, 0.6) is 0 Å². The molecule has 1 saturated heterocycles. The highest BCUT2D eigenvalue weighted by Crippen LogP contribution is 2.28. The van der Waals surface area contributed by atoms with Crippen molar-refractivity contribution in [3.63, 3.8) is 0 Å². The van der Waals surface area contributed by atoms with E-state index in [0.29, 0.717) is 18.4 Å². The van der Waals surface area contributed by atoms with Gasteiger partial charge in [0.1, 0.15) is 6.33 Å². The normalized spacial score (nSPS) is 25.4.